The number of pyridine rings is 1. The molecule has 0 amide bonds. The van der Waals surface area contributed by atoms with E-state index < -0.39 is 17.8 Å². The predicted molar refractivity (Wildman–Crippen MR) is 158 cm³/mol. The van der Waals surface area contributed by atoms with Crippen molar-refractivity contribution >= 4 is 16.6 Å². The van der Waals surface area contributed by atoms with Crippen LogP contribution >= 0.6 is 0 Å². The Bertz CT molecular complexity index is 1310. The molecule has 0 radical (unpaired) electrons. The summed E-state index contributed by atoms with van der Waals surface area (Å²) in [4.78, 5) is 9.18. The highest BCUT2D eigenvalue weighted by molar-refractivity contribution is 5.85. The van der Waals surface area contributed by atoms with Crippen LogP contribution in [-0.2, 0) is 11.3 Å². The SMILES string of the molecule is COc1ccc2ncc(CN3CCOCC3)c([C@H](F)CCC3(CO)CCN(CCNc4cc(F)cc(F)c4)CC3)c2c1. The number of benzene rings is 2. The van der Waals surface area contributed by atoms with Crippen LogP contribution in [0.4, 0.5) is 18.9 Å². The second kappa shape index (κ2) is 14.0. The highest BCUT2D eigenvalue weighted by Crippen LogP contribution is 2.41. The summed E-state index contributed by atoms with van der Waals surface area (Å²) in [5, 5.41) is 14.3. The Labute approximate surface area is 245 Å². The summed E-state index contributed by atoms with van der Waals surface area (Å²) in [6.45, 7) is 6.35. The lowest BCUT2D eigenvalue weighted by molar-refractivity contribution is 0.0306. The van der Waals surface area contributed by atoms with E-state index in [4.69, 9.17) is 9.47 Å². The minimum Gasteiger partial charge on any atom is -0.497 e. The van der Waals surface area contributed by atoms with Gasteiger partial charge in [0, 0.05) is 68.2 Å². The third-order valence-corrected chi connectivity index (χ3v) is 8.81. The summed E-state index contributed by atoms with van der Waals surface area (Å²) in [7, 11) is 1.60. The van der Waals surface area contributed by atoms with Gasteiger partial charge in [-0.3, -0.25) is 9.88 Å². The van der Waals surface area contributed by atoms with E-state index >= 15 is 4.39 Å². The number of anilines is 1. The average molecular weight is 587 g/mol. The number of hydrogen-bond acceptors (Lipinski definition) is 7. The van der Waals surface area contributed by atoms with Crippen molar-refractivity contribution < 1.29 is 27.8 Å². The number of aliphatic hydroxyl groups excluding tert-OH is 1. The van der Waals surface area contributed by atoms with E-state index in [2.05, 4.69) is 20.1 Å². The highest BCUT2D eigenvalue weighted by atomic mass is 19.1. The number of likely N-dealkylation sites (tertiary alicyclic amines) is 1. The molecule has 3 heterocycles. The highest BCUT2D eigenvalue weighted by Gasteiger charge is 2.35. The van der Waals surface area contributed by atoms with E-state index in [1.54, 1.807) is 13.3 Å². The maximum Gasteiger partial charge on any atom is 0.128 e. The lowest BCUT2D eigenvalue weighted by Gasteiger charge is -2.41. The molecule has 0 unspecified atom stereocenters. The molecule has 10 heteroatoms. The van der Waals surface area contributed by atoms with E-state index in [9.17, 15) is 13.9 Å². The van der Waals surface area contributed by atoms with Gasteiger partial charge < -0.3 is 24.8 Å². The molecule has 2 saturated heterocycles. The van der Waals surface area contributed by atoms with Crippen molar-refractivity contribution in [3.05, 3.63) is 65.4 Å². The zero-order chi connectivity index (χ0) is 29.5. The van der Waals surface area contributed by atoms with Gasteiger partial charge in [0.2, 0.25) is 0 Å². The molecule has 0 saturated carbocycles. The summed E-state index contributed by atoms with van der Waals surface area (Å²) in [6, 6.07) is 8.99. The molecule has 5 rings (SSSR count). The van der Waals surface area contributed by atoms with Crippen LogP contribution in [0.15, 0.2) is 42.6 Å². The van der Waals surface area contributed by atoms with Gasteiger partial charge in [-0.15, -0.1) is 0 Å². The van der Waals surface area contributed by atoms with Crippen LogP contribution in [0.2, 0.25) is 0 Å². The number of fused-ring (bicyclic) bond motifs is 1. The number of piperidine rings is 1. The molecule has 42 heavy (non-hydrogen) atoms. The molecule has 2 N–H and O–H groups in total. The number of morpholine rings is 1. The third-order valence-electron chi connectivity index (χ3n) is 8.81. The Morgan fingerprint density at radius 2 is 1.79 bits per heavy atom. The Morgan fingerprint density at radius 1 is 1.05 bits per heavy atom. The number of halogens is 3. The predicted octanol–water partition coefficient (Wildman–Crippen LogP) is 5.33. The van der Waals surface area contributed by atoms with Crippen molar-refractivity contribution in [2.75, 3.05) is 71.5 Å². The van der Waals surface area contributed by atoms with Crippen molar-refractivity contribution in [3.8, 4) is 5.75 Å². The molecule has 0 spiro atoms. The number of aromatic nitrogens is 1. The maximum absolute atomic E-state index is 16.4. The molecule has 7 nitrogen and oxygen atoms in total. The molecular formula is C32H41F3N4O3. The van der Waals surface area contributed by atoms with Crippen molar-refractivity contribution in [2.24, 2.45) is 5.41 Å². The Hall–Kier alpha value is -2.92. The maximum atomic E-state index is 16.4. The smallest absolute Gasteiger partial charge is 0.128 e. The summed E-state index contributed by atoms with van der Waals surface area (Å²) >= 11 is 0. The Kier molecular flexibility index (Phi) is 10.2. The summed E-state index contributed by atoms with van der Waals surface area (Å²) in [5.41, 5.74) is 2.35. The first kappa shape index (κ1) is 30.5. The number of alkyl halides is 1. The van der Waals surface area contributed by atoms with E-state index in [0.717, 1.165) is 61.6 Å². The molecule has 0 aliphatic carbocycles. The van der Waals surface area contributed by atoms with E-state index in [0.29, 0.717) is 62.7 Å². The number of methoxy groups -OCH3 is 1. The topological polar surface area (TPSA) is 70.1 Å². The number of ether oxygens (including phenoxy) is 2. The van der Waals surface area contributed by atoms with Crippen molar-refractivity contribution in [1.29, 1.82) is 0 Å². The van der Waals surface area contributed by atoms with Gasteiger partial charge in [-0.25, -0.2) is 13.2 Å². The number of nitrogens with one attached hydrogen (secondary N) is 1. The van der Waals surface area contributed by atoms with Gasteiger partial charge in [-0.1, -0.05) is 0 Å². The van der Waals surface area contributed by atoms with E-state index in [-0.39, 0.29) is 12.0 Å². The van der Waals surface area contributed by atoms with Crippen molar-refractivity contribution in [3.63, 3.8) is 0 Å². The van der Waals surface area contributed by atoms with Crippen molar-refractivity contribution in [1.82, 2.24) is 14.8 Å². The minimum absolute atomic E-state index is 0.0138. The van der Waals surface area contributed by atoms with Crippen LogP contribution in [0, 0.1) is 17.0 Å². The van der Waals surface area contributed by atoms with Gasteiger partial charge in [0.1, 0.15) is 23.6 Å². The average Bonchev–Trinajstić information content (AvgIpc) is 3.00. The summed E-state index contributed by atoms with van der Waals surface area (Å²) in [6.07, 6.45) is 2.99. The van der Waals surface area contributed by atoms with Crippen LogP contribution in [0.5, 0.6) is 5.75 Å². The molecule has 2 aliphatic heterocycles. The van der Waals surface area contributed by atoms with E-state index in [1.807, 2.05) is 18.2 Å². The van der Waals surface area contributed by atoms with Crippen LogP contribution < -0.4 is 10.1 Å². The zero-order valence-electron chi connectivity index (χ0n) is 24.3. The number of hydrogen-bond donors (Lipinski definition) is 2. The first-order valence-corrected chi connectivity index (χ1v) is 14.8. The number of rotatable bonds is 12. The molecule has 1 atom stereocenters. The second-order valence-electron chi connectivity index (χ2n) is 11.6. The van der Waals surface area contributed by atoms with Gasteiger partial charge in [0.05, 0.1) is 25.8 Å². The Morgan fingerprint density at radius 3 is 2.48 bits per heavy atom. The first-order valence-electron chi connectivity index (χ1n) is 14.8. The summed E-state index contributed by atoms with van der Waals surface area (Å²) < 4.78 is 54.2. The monoisotopic (exact) mass is 586 g/mol. The van der Waals surface area contributed by atoms with Gasteiger partial charge >= 0.3 is 0 Å². The number of aliphatic hydroxyl groups is 1. The van der Waals surface area contributed by atoms with Crippen LogP contribution in [0.3, 0.4) is 0 Å². The molecule has 2 aromatic carbocycles. The molecule has 2 fully saturated rings. The van der Waals surface area contributed by atoms with Gasteiger partial charge in [-0.05, 0) is 80.1 Å². The summed E-state index contributed by atoms with van der Waals surface area (Å²) in [5.74, 6) is -0.555. The van der Waals surface area contributed by atoms with Gasteiger partial charge in [0.15, 0.2) is 0 Å². The van der Waals surface area contributed by atoms with Crippen LogP contribution in [0.1, 0.15) is 43.0 Å². The molecule has 1 aromatic heterocycles. The van der Waals surface area contributed by atoms with Gasteiger partial charge in [-0.2, -0.15) is 0 Å². The molecule has 0 bridgehead atoms. The largest absolute Gasteiger partial charge is 0.497 e. The van der Waals surface area contributed by atoms with E-state index in [1.165, 1.54) is 12.1 Å². The molecule has 3 aromatic rings. The lowest BCUT2D eigenvalue weighted by atomic mass is 9.74. The van der Waals surface area contributed by atoms with Crippen LogP contribution in [-0.4, -0.2) is 86.1 Å². The fraction of sp³-hybridized carbons (Fsp3) is 0.531. The molecule has 2 aliphatic rings. The number of nitrogens with zero attached hydrogens (tertiary/aromatic N) is 3. The second-order valence-corrected chi connectivity index (χ2v) is 11.6. The quantitative estimate of drug-likeness (QED) is 0.297. The minimum atomic E-state index is -1.21. The zero-order valence-corrected chi connectivity index (χ0v) is 24.3. The third kappa shape index (κ3) is 7.53. The lowest BCUT2D eigenvalue weighted by Crippen LogP contribution is -2.43. The van der Waals surface area contributed by atoms with Gasteiger partial charge in [0.25, 0.3) is 0 Å². The first-order chi connectivity index (χ1) is 20.4. The normalized spacial score (nSPS) is 18.7. The Balaban J connectivity index is 1.22. The fourth-order valence-electron chi connectivity index (χ4n) is 6.19. The molecule has 228 valence electrons. The van der Waals surface area contributed by atoms with Crippen LogP contribution in [0.25, 0.3) is 10.9 Å². The fourth-order valence-corrected chi connectivity index (χ4v) is 6.19. The standard InChI is InChI=1S/C32H41F3N4O3/c1-41-27-2-3-30-28(19-27)31(23(20-37-30)21-39-12-14-42-15-13-39)29(35)4-5-32(22-40)6-9-38(10-7-32)11-8-36-26-17-24(33)16-25(34)18-26/h2-3,16-20,29,36,40H,4-15,21-22H2,1H3/t29-/m1/s1. The van der Waals surface area contributed by atoms with Crippen molar-refractivity contribution in [2.45, 2.75) is 38.4 Å². The molecular weight excluding hydrogens is 545 g/mol.